The number of morpholine rings is 1. The fraction of sp³-hybridized carbons (Fsp3) is 0.238. The Hall–Kier alpha value is -3.52. The van der Waals surface area contributed by atoms with Crippen molar-refractivity contribution in [3.63, 3.8) is 0 Å². The lowest BCUT2D eigenvalue weighted by Gasteiger charge is -2.28. The summed E-state index contributed by atoms with van der Waals surface area (Å²) in [6.45, 7) is 3.97. The van der Waals surface area contributed by atoms with Gasteiger partial charge < -0.3 is 15.0 Å². The second kappa shape index (κ2) is 7.84. The lowest BCUT2D eigenvalue weighted by Crippen LogP contribution is -2.36. The fourth-order valence-corrected chi connectivity index (χ4v) is 3.39. The summed E-state index contributed by atoms with van der Waals surface area (Å²) in [6, 6.07) is 14.2. The zero-order valence-corrected chi connectivity index (χ0v) is 15.9. The van der Waals surface area contributed by atoms with Gasteiger partial charge in [0.2, 0.25) is 5.95 Å². The average molecular weight is 387 g/mol. The van der Waals surface area contributed by atoms with Gasteiger partial charge >= 0.3 is 0 Å². The molecule has 1 aliphatic rings. The molecule has 1 aliphatic heterocycles. The summed E-state index contributed by atoms with van der Waals surface area (Å²) in [5.41, 5.74) is 3.85. The molecule has 0 amide bonds. The highest BCUT2D eigenvalue weighted by molar-refractivity contribution is 5.75. The molecule has 5 rings (SSSR count). The van der Waals surface area contributed by atoms with Crippen LogP contribution in [0.2, 0.25) is 0 Å². The summed E-state index contributed by atoms with van der Waals surface area (Å²) in [6.07, 6.45) is 5.34. The Morgan fingerprint density at radius 2 is 1.83 bits per heavy atom. The van der Waals surface area contributed by atoms with E-state index in [9.17, 15) is 0 Å². The molecular weight excluding hydrogens is 366 g/mol. The number of ether oxygens (including phenoxy) is 1. The topological polar surface area (TPSA) is 81.0 Å². The van der Waals surface area contributed by atoms with Gasteiger partial charge in [-0.25, -0.2) is 9.67 Å². The quantitative estimate of drug-likeness (QED) is 0.564. The first kappa shape index (κ1) is 17.6. The highest BCUT2D eigenvalue weighted by Crippen LogP contribution is 2.21. The lowest BCUT2D eigenvalue weighted by atomic mass is 10.2. The Bertz CT molecular complexity index is 1090. The maximum absolute atomic E-state index is 5.42. The van der Waals surface area contributed by atoms with E-state index in [1.807, 2.05) is 35.0 Å². The number of rotatable bonds is 5. The Kier molecular flexibility index (Phi) is 4.75. The maximum Gasteiger partial charge on any atom is 0.229 e. The molecule has 3 aromatic heterocycles. The van der Waals surface area contributed by atoms with Gasteiger partial charge in [0, 0.05) is 36.9 Å². The van der Waals surface area contributed by atoms with E-state index >= 15 is 0 Å². The summed E-state index contributed by atoms with van der Waals surface area (Å²) in [5, 5.41) is 8.62. The maximum atomic E-state index is 5.42. The van der Waals surface area contributed by atoms with Crippen molar-refractivity contribution in [3.8, 4) is 0 Å². The number of anilines is 3. The molecule has 4 aromatic rings. The predicted molar refractivity (Wildman–Crippen MR) is 111 cm³/mol. The average Bonchev–Trinajstić information content (AvgIpc) is 3.18. The highest BCUT2D eigenvalue weighted by Gasteiger charge is 2.11. The summed E-state index contributed by atoms with van der Waals surface area (Å²) >= 11 is 0. The number of pyridine rings is 1. The molecule has 29 heavy (non-hydrogen) atoms. The van der Waals surface area contributed by atoms with E-state index in [0.29, 0.717) is 12.5 Å². The molecule has 0 spiro atoms. The van der Waals surface area contributed by atoms with Crippen LogP contribution < -0.4 is 10.2 Å². The number of aromatic nitrogens is 5. The first-order valence-electron chi connectivity index (χ1n) is 9.63. The van der Waals surface area contributed by atoms with Crippen LogP contribution in [0.3, 0.4) is 0 Å². The van der Waals surface area contributed by atoms with Crippen LogP contribution in [0, 0.1) is 0 Å². The summed E-state index contributed by atoms with van der Waals surface area (Å²) in [4.78, 5) is 15.8. The third-order valence-corrected chi connectivity index (χ3v) is 4.91. The Labute approximate surface area is 168 Å². The second-order valence-corrected chi connectivity index (χ2v) is 6.87. The van der Waals surface area contributed by atoms with Crippen LogP contribution in [0.5, 0.6) is 0 Å². The van der Waals surface area contributed by atoms with E-state index in [2.05, 4.69) is 42.4 Å². The predicted octanol–water partition coefficient (Wildman–Crippen LogP) is 2.85. The molecule has 4 heterocycles. The van der Waals surface area contributed by atoms with E-state index in [4.69, 9.17) is 4.74 Å². The second-order valence-electron chi connectivity index (χ2n) is 6.87. The summed E-state index contributed by atoms with van der Waals surface area (Å²) < 4.78 is 7.26. The van der Waals surface area contributed by atoms with Crippen LogP contribution in [0.1, 0.15) is 5.69 Å². The molecule has 0 aliphatic carbocycles. The normalized spacial score (nSPS) is 14.3. The van der Waals surface area contributed by atoms with Crippen LogP contribution in [-0.2, 0) is 11.3 Å². The van der Waals surface area contributed by atoms with Crippen LogP contribution in [-0.4, -0.2) is 51.0 Å². The zero-order valence-electron chi connectivity index (χ0n) is 15.9. The Balaban J connectivity index is 1.34. The molecule has 1 saturated heterocycles. The molecule has 0 unspecified atom stereocenters. The van der Waals surface area contributed by atoms with Gasteiger partial charge in [0.05, 0.1) is 37.0 Å². The first-order chi connectivity index (χ1) is 14.3. The third-order valence-electron chi connectivity index (χ3n) is 4.91. The van der Waals surface area contributed by atoms with Gasteiger partial charge in [-0.05, 0) is 36.4 Å². The van der Waals surface area contributed by atoms with Gasteiger partial charge in [-0.15, -0.1) is 0 Å². The number of hydrogen-bond acceptors (Lipinski definition) is 7. The van der Waals surface area contributed by atoms with Gasteiger partial charge in [0.15, 0.2) is 5.65 Å². The SMILES string of the molecule is c1ccc(Cn2ncc3cnc(Nc4ccc(N5CCOCC5)cc4)nc32)nc1. The molecule has 8 nitrogen and oxygen atoms in total. The minimum absolute atomic E-state index is 0.541. The minimum Gasteiger partial charge on any atom is -0.378 e. The molecule has 1 aromatic carbocycles. The molecular formula is C21H21N7O. The van der Waals surface area contributed by atoms with Crippen molar-refractivity contribution in [1.29, 1.82) is 0 Å². The number of hydrogen-bond donors (Lipinski definition) is 1. The van der Waals surface area contributed by atoms with Crippen molar-refractivity contribution >= 4 is 28.4 Å². The number of nitrogens with zero attached hydrogens (tertiary/aromatic N) is 6. The molecule has 0 bridgehead atoms. The van der Waals surface area contributed by atoms with E-state index in [1.165, 1.54) is 5.69 Å². The fourth-order valence-electron chi connectivity index (χ4n) is 3.39. The molecule has 0 atom stereocenters. The Morgan fingerprint density at radius 1 is 0.966 bits per heavy atom. The largest absolute Gasteiger partial charge is 0.378 e. The van der Waals surface area contributed by atoms with Crippen molar-refractivity contribution in [2.45, 2.75) is 6.54 Å². The number of benzene rings is 1. The zero-order chi connectivity index (χ0) is 19.5. The van der Waals surface area contributed by atoms with Gasteiger partial charge in [-0.1, -0.05) is 6.07 Å². The van der Waals surface area contributed by atoms with Gasteiger partial charge in [0.1, 0.15) is 0 Å². The van der Waals surface area contributed by atoms with E-state index in [-0.39, 0.29) is 0 Å². The number of nitrogens with one attached hydrogen (secondary N) is 1. The molecule has 8 heteroatoms. The van der Waals surface area contributed by atoms with Gasteiger partial charge in [-0.3, -0.25) is 4.98 Å². The monoisotopic (exact) mass is 387 g/mol. The van der Waals surface area contributed by atoms with Crippen LogP contribution in [0.15, 0.2) is 61.1 Å². The minimum atomic E-state index is 0.541. The van der Waals surface area contributed by atoms with E-state index in [1.54, 1.807) is 18.6 Å². The standard InChI is InChI=1S/C21H21N7O/c1-2-8-22-18(3-1)15-28-20-16(14-24-28)13-23-21(26-20)25-17-4-6-19(7-5-17)27-9-11-29-12-10-27/h1-8,13-14H,9-12,15H2,(H,23,25,26). The van der Waals surface area contributed by atoms with Crippen molar-refractivity contribution in [2.24, 2.45) is 0 Å². The molecule has 1 fully saturated rings. The first-order valence-corrected chi connectivity index (χ1v) is 9.63. The van der Waals surface area contributed by atoms with Crippen molar-refractivity contribution in [2.75, 3.05) is 36.5 Å². The molecule has 0 radical (unpaired) electrons. The van der Waals surface area contributed by atoms with Crippen LogP contribution in [0.4, 0.5) is 17.3 Å². The lowest BCUT2D eigenvalue weighted by molar-refractivity contribution is 0.122. The van der Waals surface area contributed by atoms with E-state index in [0.717, 1.165) is 48.7 Å². The number of fused-ring (bicyclic) bond motifs is 1. The highest BCUT2D eigenvalue weighted by atomic mass is 16.5. The van der Waals surface area contributed by atoms with Crippen molar-refractivity contribution in [3.05, 3.63) is 66.7 Å². The molecule has 146 valence electrons. The summed E-state index contributed by atoms with van der Waals surface area (Å²) in [7, 11) is 0. The Morgan fingerprint density at radius 3 is 2.62 bits per heavy atom. The third kappa shape index (κ3) is 3.88. The van der Waals surface area contributed by atoms with Crippen LogP contribution in [0.25, 0.3) is 11.0 Å². The smallest absolute Gasteiger partial charge is 0.229 e. The van der Waals surface area contributed by atoms with Gasteiger partial charge in [0.25, 0.3) is 0 Å². The molecule has 0 saturated carbocycles. The summed E-state index contributed by atoms with van der Waals surface area (Å²) in [5.74, 6) is 0.541. The van der Waals surface area contributed by atoms with E-state index < -0.39 is 0 Å². The molecule has 1 N–H and O–H groups in total. The van der Waals surface area contributed by atoms with Gasteiger partial charge in [-0.2, -0.15) is 10.1 Å². The van der Waals surface area contributed by atoms with Crippen molar-refractivity contribution < 1.29 is 4.74 Å². The van der Waals surface area contributed by atoms with Crippen LogP contribution >= 0.6 is 0 Å². The van der Waals surface area contributed by atoms with Crippen molar-refractivity contribution in [1.82, 2.24) is 24.7 Å².